The molecule has 0 saturated carbocycles. The lowest BCUT2D eigenvalue weighted by molar-refractivity contribution is 0.529. The summed E-state index contributed by atoms with van der Waals surface area (Å²) in [7, 11) is 0. The molecule has 0 atom stereocenters. The van der Waals surface area contributed by atoms with E-state index in [1.165, 1.54) is 135 Å². The molecule has 0 aliphatic carbocycles. The highest BCUT2D eigenvalue weighted by Crippen LogP contribution is 2.34. The number of benzene rings is 3. The summed E-state index contributed by atoms with van der Waals surface area (Å²) in [5.74, 6) is 0. The van der Waals surface area contributed by atoms with Crippen LogP contribution >= 0.6 is 0 Å². The minimum Gasteiger partial charge on any atom is -0.0984 e. The fourth-order valence-corrected chi connectivity index (χ4v) is 5.59. The second-order valence-corrected chi connectivity index (χ2v) is 10.2. The summed E-state index contributed by atoms with van der Waals surface area (Å²) < 4.78 is 0. The van der Waals surface area contributed by atoms with Gasteiger partial charge in [0, 0.05) is 0 Å². The average Bonchev–Trinajstić information content (AvgIpc) is 2.88. The normalized spacial score (nSPS) is 11.4. The molecule has 0 aliphatic heterocycles. The number of fused-ring (bicyclic) bond motifs is 3. The third kappa shape index (κ3) is 8.00. The Balaban J connectivity index is 1.32. The molecule has 3 aromatic rings. The highest BCUT2D eigenvalue weighted by atomic mass is 14.2. The lowest BCUT2D eigenvalue weighted by atomic mass is 9.89. The van der Waals surface area contributed by atoms with E-state index in [1.54, 1.807) is 0 Å². The van der Waals surface area contributed by atoms with Gasteiger partial charge in [0.1, 0.15) is 0 Å². The van der Waals surface area contributed by atoms with E-state index in [-0.39, 0.29) is 0 Å². The minimum atomic E-state index is 1.16. The van der Waals surface area contributed by atoms with Crippen molar-refractivity contribution in [2.75, 3.05) is 0 Å². The molecule has 0 aliphatic rings. The van der Waals surface area contributed by atoms with Crippen molar-refractivity contribution in [3.8, 4) is 0 Å². The molecule has 0 bridgehead atoms. The van der Waals surface area contributed by atoms with E-state index in [1.807, 2.05) is 0 Å². The van der Waals surface area contributed by atoms with Crippen molar-refractivity contribution >= 4 is 27.6 Å². The molecular formula is C34H48. The zero-order valence-corrected chi connectivity index (χ0v) is 21.9. The van der Waals surface area contributed by atoms with Gasteiger partial charge in [-0.3, -0.25) is 0 Å². The molecule has 0 unspecified atom stereocenters. The largest absolute Gasteiger partial charge is 0.0984 e. The molecule has 0 aromatic heterocycles. The third-order valence-corrected chi connectivity index (χ3v) is 7.57. The molecule has 0 amide bonds. The highest BCUT2D eigenvalue weighted by molar-refractivity contribution is 6.12. The first-order valence-electron chi connectivity index (χ1n) is 14.4. The Morgan fingerprint density at radius 3 is 1.35 bits per heavy atom. The molecular weight excluding hydrogens is 408 g/mol. The molecule has 3 rings (SSSR count). The third-order valence-electron chi connectivity index (χ3n) is 7.57. The first-order valence-corrected chi connectivity index (χ1v) is 14.4. The van der Waals surface area contributed by atoms with Gasteiger partial charge in [-0.05, 0) is 45.5 Å². The van der Waals surface area contributed by atoms with Crippen molar-refractivity contribution in [1.82, 2.24) is 0 Å². The van der Waals surface area contributed by atoms with Crippen LogP contribution in [0.15, 0.2) is 55.1 Å². The minimum absolute atomic E-state index is 1.16. The molecule has 0 nitrogen and oxygen atoms in total. The lowest BCUT2D eigenvalue weighted by Gasteiger charge is -2.15. The number of hydrogen-bond donors (Lipinski definition) is 0. The van der Waals surface area contributed by atoms with Gasteiger partial charge in [0.15, 0.2) is 0 Å². The molecule has 0 fully saturated rings. The molecule has 184 valence electrons. The van der Waals surface area contributed by atoms with E-state index in [2.05, 4.69) is 68.1 Å². The van der Waals surface area contributed by atoms with Crippen LogP contribution in [-0.4, -0.2) is 0 Å². The molecule has 0 heteroatoms. The number of hydrogen-bond acceptors (Lipinski definition) is 0. The van der Waals surface area contributed by atoms with E-state index in [0.29, 0.717) is 0 Å². The van der Waals surface area contributed by atoms with Crippen LogP contribution in [0.25, 0.3) is 27.6 Å². The zero-order valence-electron chi connectivity index (χ0n) is 21.9. The number of unbranched alkanes of at least 4 members (excludes halogenated alkanes) is 15. The summed E-state index contributed by atoms with van der Waals surface area (Å²) in [5, 5.41) is 5.50. The Morgan fingerprint density at radius 2 is 0.882 bits per heavy atom. The van der Waals surface area contributed by atoms with Gasteiger partial charge in [0.2, 0.25) is 0 Å². The van der Waals surface area contributed by atoms with Gasteiger partial charge in [0.05, 0.1) is 0 Å². The molecule has 0 heterocycles. The van der Waals surface area contributed by atoms with Gasteiger partial charge in [-0.25, -0.2) is 0 Å². The van der Waals surface area contributed by atoms with E-state index >= 15 is 0 Å². The molecule has 0 saturated heterocycles. The van der Waals surface area contributed by atoms with E-state index in [9.17, 15) is 0 Å². The van der Waals surface area contributed by atoms with Crippen LogP contribution in [0.4, 0.5) is 0 Å². The van der Waals surface area contributed by atoms with Crippen LogP contribution in [0, 0.1) is 0 Å². The zero-order chi connectivity index (χ0) is 23.8. The SMILES string of the molecule is C=Cc1c(CCCCCCCCCCCCCCCCCC)c2ccccc2c2ccccc12. The monoisotopic (exact) mass is 456 g/mol. The van der Waals surface area contributed by atoms with Gasteiger partial charge in [-0.15, -0.1) is 0 Å². The van der Waals surface area contributed by atoms with Crippen molar-refractivity contribution < 1.29 is 0 Å². The summed E-state index contributed by atoms with van der Waals surface area (Å²) in [6.45, 7) is 6.47. The average molecular weight is 457 g/mol. The predicted molar refractivity (Wildman–Crippen MR) is 155 cm³/mol. The fourth-order valence-electron chi connectivity index (χ4n) is 5.59. The first-order chi connectivity index (χ1) is 16.9. The predicted octanol–water partition coefficient (Wildman–Crippen LogP) is 11.4. The molecule has 3 aromatic carbocycles. The van der Waals surface area contributed by atoms with Crippen LogP contribution in [0.1, 0.15) is 121 Å². The Hall–Kier alpha value is -2.08. The van der Waals surface area contributed by atoms with Crippen LogP contribution in [0.5, 0.6) is 0 Å². The van der Waals surface area contributed by atoms with Crippen LogP contribution in [-0.2, 0) is 6.42 Å². The van der Waals surface area contributed by atoms with Gasteiger partial charge in [-0.1, -0.05) is 164 Å². The second-order valence-electron chi connectivity index (χ2n) is 10.2. The van der Waals surface area contributed by atoms with Crippen molar-refractivity contribution in [2.24, 2.45) is 0 Å². The van der Waals surface area contributed by atoms with Crippen LogP contribution in [0.2, 0.25) is 0 Å². The molecule has 0 radical (unpaired) electrons. The van der Waals surface area contributed by atoms with Crippen molar-refractivity contribution in [2.45, 2.75) is 116 Å². The van der Waals surface area contributed by atoms with E-state index in [4.69, 9.17) is 0 Å². The lowest BCUT2D eigenvalue weighted by Crippen LogP contribution is -1.95. The Kier molecular flexibility index (Phi) is 12.3. The van der Waals surface area contributed by atoms with Crippen LogP contribution < -0.4 is 0 Å². The Morgan fingerprint density at radius 1 is 0.500 bits per heavy atom. The molecule has 0 N–H and O–H groups in total. The van der Waals surface area contributed by atoms with Crippen LogP contribution in [0.3, 0.4) is 0 Å². The van der Waals surface area contributed by atoms with Crippen molar-refractivity contribution in [3.05, 3.63) is 66.2 Å². The molecule has 0 spiro atoms. The first kappa shape index (κ1) is 26.5. The maximum Gasteiger partial charge on any atom is -0.00992 e. The smallest absolute Gasteiger partial charge is 0.00992 e. The van der Waals surface area contributed by atoms with Gasteiger partial charge in [0.25, 0.3) is 0 Å². The topological polar surface area (TPSA) is 0 Å². The van der Waals surface area contributed by atoms with Crippen molar-refractivity contribution in [1.29, 1.82) is 0 Å². The highest BCUT2D eigenvalue weighted by Gasteiger charge is 2.11. The Bertz CT molecular complexity index is 980. The molecule has 34 heavy (non-hydrogen) atoms. The fraction of sp³-hybridized carbons (Fsp3) is 0.529. The number of aryl methyl sites for hydroxylation is 1. The van der Waals surface area contributed by atoms with E-state index in [0.717, 1.165) is 6.42 Å². The summed E-state index contributed by atoms with van der Waals surface area (Å²) in [4.78, 5) is 0. The van der Waals surface area contributed by atoms with Gasteiger partial charge < -0.3 is 0 Å². The summed E-state index contributed by atoms with van der Waals surface area (Å²) in [6.07, 6.45) is 25.9. The second kappa shape index (κ2) is 15.8. The standard InChI is InChI=1S/C34H48/c1-3-5-6-7-8-9-10-11-12-13-14-15-16-17-18-19-24-30-29(4-2)31-25-20-21-26-33(31)34-28-23-22-27-32(30)34/h4,20-23,25-28H,2-3,5-19,24H2,1H3. The van der Waals surface area contributed by atoms with E-state index < -0.39 is 0 Å². The summed E-state index contributed by atoms with van der Waals surface area (Å²) in [6, 6.07) is 17.7. The summed E-state index contributed by atoms with van der Waals surface area (Å²) in [5.41, 5.74) is 2.84. The van der Waals surface area contributed by atoms with Gasteiger partial charge >= 0.3 is 0 Å². The summed E-state index contributed by atoms with van der Waals surface area (Å²) >= 11 is 0. The van der Waals surface area contributed by atoms with Crippen molar-refractivity contribution in [3.63, 3.8) is 0 Å². The quantitative estimate of drug-likeness (QED) is 0.132. The number of rotatable bonds is 18. The maximum absolute atomic E-state index is 4.17. The van der Waals surface area contributed by atoms with Gasteiger partial charge in [-0.2, -0.15) is 0 Å². The Labute approximate surface area is 209 Å². The maximum atomic E-state index is 4.17.